The molecule has 1 unspecified atom stereocenters. The summed E-state index contributed by atoms with van der Waals surface area (Å²) in [4.78, 5) is 0. The maximum Gasteiger partial charge on any atom is 0.121 e. The Bertz CT molecular complexity index is 145. The highest BCUT2D eigenvalue weighted by atomic mass is 16.5. The van der Waals surface area contributed by atoms with Gasteiger partial charge in [0.05, 0.1) is 26.1 Å². The molecule has 1 rings (SSSR count). The summed E-state index contributed by atoms with van der Waals surface area (Å²) >= 11 is 0. The molecule has 0 saturated heterocycles. The molecule has 13 heavy (non-hydrogen) atoms. The highest BCUT2D eigenvalue weighted by molar-refractivity contribution is 4.81. The number of rotatable bonds is 6. The van der Waals surface area contributed by atoms with E-state index in [1.807, 2.05) is 13.0 Å². The van der Waals surface area contributed by atoms with Crippen LogP contribution in [0.3, 0.4) is 0 Å². The molecule has 0 aliphatic carbocycles. The molecule has 0 radical (unpaired) electrons. The van der Waals surface area contributed by atoms with Crippen LogP contribution >= 0.6 is 0 Å². The van der Waals surface area contributed by atoms with Gasteiger partial charge in [0.1, 0.15) is 6.10 Å². The van der Waals surface area contributed by atoms with Gasteiger partial charge in [-0.3, -0.25) is 0 Å². The van der Waals surface area contributed by atoms with Gasteiger partial charge in [-0.1, -0.05) is 0 Å². The van der Waals surface area contributed by atoms with E-state index in [-0.39, 0.29) is 6.10 Å². The highest BCUT2D eigenvalue weighted by Gasteiger charge is 2.10. The van der Waals surface area contributed by atoms with Crippen molar-refractivity contribution < 1.29 is 14.2 Å². The Morgan fingerprint density at radius 2 is 2.23 bits per heavy atom. The zero-order chi connectivity index (χ0) is 9.36. The lowest BCUT2D eigenvalue weighted by molar-refractivity contribution is -0.00557. The lowest BCUT2D eigenvalue weighted by atomic mass is 10.2. The van der Waals surface area contributed by atoms with Crippen LogP contribution in [0.1, 0.15) is 19.8 Å². The van der Waals surface area contributed by atoms with E-state index >= 15 is 0 Å². The molecule has 1 aliphatic heterocycles. The fourth-order valence-corrected chi connectivity index (χ4v) is 1.18. The van der Waals surface area contributed by atoms with Crippen molar-refractivity contribution in [2.75, 3.05) is 26.4 Å². The Hall–Kier alpha value is -0.540. The summed E-state index contributed by atoms with van der Waals surface area (Å²) in [6.45, 7) is 4.76. The van der Waals surface area contributed by atoms with Gasteiger partial charge in [-0.15, -0.1) is 0 Å². The molecule has 0 fully saturated rings. The van der Waals surface area contributed by atoms with Gasteiger partial charge in [-0.05, 0) is 25.8 Å². The first-order valence-electron chi connectivity index (χ1n) is 4.89. The molecular formula is C10H18O3. The topological polar surface area (TPSA) is 27.7 Å². The second kappa shape index (κ2) is 6.92. The number of hydrogen-bond donors (Lipinski definition) is 0. The van der Waals surface area contributed by atoms with E-state index < -0.39 is 0 Å². The third-order valence-electron chi connectivity index (χ3n) is 1.90. The smallest absolute Gasteiger partial charge is 0.121 e. The molecule has 1 atom stereocenters. The maximum absolute atomic E-state index is 5.39. The molecule has 76 valence electrons. The van der Waals surface area contributed by atoms with E-state index in [9.17, 15) is 0 Å². The highest BCUT2D eigenvalue weighted by Crippen LogP contribution is 2.09. The third-order valence-corrected chi connectivity index (χ3v) is 1.90. The molecule has 1 aliphatic rings. The maximum atomic E-state index is 5.39. The lowest BCUT2D eigenvalue weighted by Crippen LogP contribution is -2.20. The van der Waals surface area contributed by atoms with E-state index in [1.165, 1.54) is 0 Å². The average Bonchev–Trinajstić information content (AvgIpc) is 2.19. The van der Waals surface area contributed by atoms with Crippen LogP contribution in [0, 0.1) is 0 Å². The van der Waals surface area contributed by atoms with Gasteiger partial charge in [0.15, 0.2) is 0 Å². The summed E-state index contributed by atoms with van der Waals surface area (Å²) < 4.78 is 15.9. The molecule has 1 heterocycles. The van der Waals surface area contributed by atoms with Crippen molar-refractivity contribution >= 4 is 0 Å². The second-order valence-electron chi connectivity index (χ2n) is 2.98. The first-order chi connectivity index (χ1) is 6.43. The van der Waals surface area contributed by atoms with Gasteiger partial charge >= 0.3 is 0 Å². The molecule has 0 N–H and O–H groups in total. The van der Waals surface area contributed by atoms with Crippen molar-refractivity contribution in [3.63, 3.8) is 0 Å². The number of ether oxygens (including phenoxy) is 3. The fourth-order valence-electron chi connectivity index (χ4n) is 1.18. The summed E-state index contributed by atoms with van der Waals surface area (Å²) in [7, 11) is 0. The van der Waals surface area contributed by atoms with Gasteiger partial charge in [-0.2, -0.15) is 0 Å². The van der Waals surface area contributed by atoms with Crippen LogP contribution in [0.2, 0.25) is 0 Å². The van der Waals surface area contributed by atoms with Crippen LogP contribution < -0.4 is 0 Å². The molecular weight excluding hydrogens is 168 g/mol. The summed E-state index contributed by atoms with van der Waals surface area (Å²) in [6.07, 6.45) is 6.20. The zero-order valence-corrected chi connectivity index (χ0v) is 8.20. The van der Waals surface area contributed by atoms with E-state index in [2.05, 4.69) is 0 Å². The van der Waals surface area contributed by atoms with E-state index in [0.29, 0.717) is 19.8 Å². The Balaban J connectivity index is 1.90. The quantitative estimate of drug-likeness (QED) is 0.591. The summed E-state index contributed by atoms with van der Waals surface area (Å²) in [5.74, 6) is 0. The van der Waals surface area contributed by atoms with Crippen LogP contribution in [-0.4, -0.2) is 32.5 Å². The van der Waals surface area contributed by atoms with E-state index in [4.69, 9.17) is 14.2 Å². The Morgan fingerprint density at radius 3 is 2.92 bits per heavy atom. The van der Waals surface area contributed by atoms with Crippen molar-refractivity contribution in [3.05, 3.63) is 12.3 Å². The predicted molar refractivity (Wildman–Crippen MR) is 50.6 cm³/mol. The van der Waals surface area contributed by atoms with Gasteiger partial charge < -0.3 is 14.2 Å². The fraction of sp³-hybridized carbons (Fsp3) is 0.800. The van der Waals surface area contributed by atoms with Crippen LogP contribution in [-0.2, 0) is 14.2 Å². The average molecular weight is 186 g/mol. The summed E-state index contributed by atoms with van der Waals surface area (Å²) in [6, 6.07) is 0. The molecule has 0 saturated carbocycles. The minimum absolute atomic E-state index is 0.242. The summed E-state index contributed by atoms with van der Waals surface area (Å²) in [5.41, 5.74) is 0. The normalized spacial score (nSPS) is 21.5. The number of hydrogen-bond acceptors (Lipinski definition) is 3. The van der Waals surface area contributed by atoms with Gasteiger partial charge in [0.2, 0.25) is 0 Å². The standard InChI is InChI=1S/C10H18O3/c1-2-11-7-8-12-9-10-5-3-4-6-13-10/h4,6,10H,2-3,5,7-9H2,1H3. The van der Waals surface area contributed by atoms with Gasteiger partial charge in [-0.25, -0.2) is 0 Å². The molecule has 0 amide bonds. The zero-order valence-electron chi connectivity index (χ0n) is 8.20. The molecule has 3 nitrogen and oxygen atoms in total. The van der Waals surface area contributed by atoms with Gasteiger partial charge in [0.25, 0.3) is 0 Å². The molecule has 0 aromatic carbocycles. The van der Waals surface area contributed by atoms with Crippen molar-refractivity contribution in [2.45, 2.75) is 25.9 Å². The van der Waals surface area contributed by atoms with Crippen LogP contribution in [0.5, 0.6) is 0 Å². The monoisotopic (exact) mass is 186 g/mol. The van der Waals surface area contributed by atoms with E-state index in [0.717, 1.165) is 19.4 Å². The van der Waals surface area contributed by atoms with Crippen LogP contribution in [0.4, 0.5) is 0 Å². The minimum Gasteiger partial charge on any atom is -0.496 e. The first kappa shape index (κ1) is 10.5. The third kappa shape index (κ3) is 4.90. The first-order valence-corrected chi connectivity index (χ1v) is 4.89. The molecule has 0 aromatic heterocycles. The van der Waals surface area contributed by atoms with E-state index in [1.54, 1.807) is 6.26 Å². The minimum atomic E-state index is 0.242. The molecule has 0 bridgehead atoms. The van der Waals surface area contributed by atoms with Crippen LogP contribution in [0.25, 0.3) is 0 Å². The van der Waals surface area contributed by atoms with Crippen LogP contribution in [0.15, 0.2) is 12.3 Å². The molecule has 0 aromatic rings. The molecule has 3 heteroatoms. The Kier molecular flexibility index (Phi) is 5.61. The SMILES string of the molecule is CCOCCOCC1CCC=CO1. The second-order valence-corrected chi connectivity index (χ2v) is 2.98. The summed E-state index contributed by atoms with van der Waals surface area (Å²) in [5, 5.41) is 0. The van der Waals surface area contributed by atoms with Crippen molar-refractivity contribution in [2.24, 2.45) is 0 Å². The Labute approximate surface area is 79.7 Å². The van der Waals surface area contributed by atoms with Crippen molar-refractivity contribution in [1.82, 2.24) is 0 Å². The van der Waals surface area contributed by atoms with Gasteiger partial charge in [0, 0.05) is 6.61 Å². The van der Waals surface area contributed by atoms with Crippen molar-refractivity contribution in [3.8, 4) is 0 Å². The predicted octanol–water partition coefficient (Wildman–Crippen LogP) is 1.73. The largest absolute Gasteiger partial charge is 0.496 e. The number of allylic oxidation sites excluding steroid dienone is 1. The van der Waals surface area contributed by atoms with Crippen molar-refractivity contribution in [1.29, 1.82) is 0 Å². The molecule has 0 spiro atoms. The lowest BCUT2D eigenvalue weighted by Gasteiger charge is -2.18. The Morgan fingerprint density at radius 1 is 1.38 bits per heavy atom.